The number of methoxy groups -OCH3 is 1. The first-order valence-electron chi connectivity index (χ1n) is 9.98. The van der Waals surface area contributed by atoms with Gasteiger partial charge in [0, 0.05) is 31.2 Å². The third-order valence-electron chi connectivity index (χ3n) is 4.80. The minimum atomic E-state index is -4.81. The van der Waals surface area contributed by atoms with Gasteiger partial charge in [-0.1, -0.05) is 0 Å². The summed E-state index contributed by atoms with van der Waals surface area (Å²) in [6.45, 7) is -0.344. The number of alkyl halides is 3. The Morgan fingerprint density at radius 2 is 1.89 bits per heavy atom. The third kappa shape index (κ3) is 6.07. The van der Waals surface area contributed by atoms with Crippen LogP contribution >= 0.6 is 0 Å². The zero-order valence-electron chi connectivity index (χ0n) is 19.2. The molecule has 0 aliphatic carbocycles. The number of benzene rings is 1. The van der Waals surface area contributed by atoms with Gasteiger partial charge < -0.3 is 21.1 Å². The van der Waals surface area contributed by atoms with Gasteiger partial charge in [-0.25, -0.2) is 18.4 Å². The molecular formula is C20H21F3N8O4S. The van der Waals surface area contributed by atoms with Gasteiger partial charge >= 0.3 is 6.18 Å². The zero-order valence-corrected chi connectivity index (χ0v) is 20.0. The normalized spacial score (nSPS) is 11.6. The second-order valence-electron chi connectivity index (χ2n) is 7.27. The summed E-state index contributed by atoms with van der Waals surface area (Å²) in [5.74, 6) is -1.40. The molecule has 0 bridgehead atoms. The highest BCUT2D eigenvalue weighted by atomic mass is 32.2. The molecular weight excluding hydrogens is 505 g/mol. The van der Waals surface area contributed by atoms with Crippen LogP contribution in [0.5, 0.6) is 5.75 Å². The van der Waals surface area contributed by atoms with Crippen molar-refractivity contribution in [3.8, 4) is 5.75 Å². The summed E-state index contributed by atoms with van der Waals surface area (Å²) < 4.78 is 70.7. The van der Waals surface area contributed by atoms with Gasteiger partial charge in [0.25, 0.3) is 0 Å². The maximum Gasteiger partial charge on any atom is 0.421 e. The number of anilines is 4. The highest BCUT2D eigenvalue weighted by molar-refractivity contribution is 7.92. The average Bonchev–Trinajstić information content (AvgIpc) is 2.81. The van der Waals surface area contributed by atoms with Gasteiger partial charge in [0.05, 0.1) is 25.6 Å². The molecule has 1 aromatic carbocycles. The summed E-state index contributed by atoms with van der Waals surface area (Å²) in [4.78, 5) is 27.1. The first-order chi connectivity index (χ1) is 16.8. The number of carbonyl (C=O) groups is 1. The SMILES string of the molecule is COc1ccc(C(N)=O)cc1Nc1ncc(C(F)(F)F)c(NCc2nccnc2N(C)S(C)(=O)=O)n1. The van der Waals surface area contributed by atoms with Crippen LogP contribution < -0.4 is 25.4 Å². The van der Waals surface area contributed by atoms with E-state index in [9.17, 15) is 26.4 Å². The molecule has 2 aromatic heterocycles. The van der Waals surface area contributed by atoms with Crippen LogP contribution in [0.2, 0.25) is 0 Å². The highest BCUT2D eigenvalue weighted by Gasteiger charge is 2.35. The number of nitrogens with two attached hydrogens (primary N) is 1. The maximum absolute atomic E-state index is 13.6. The van der Waals surface area contributed by atoms with E-state index >= 15 is 0 Å². The lowest BCUT2D eigenvalue weighted by Crippen LogP contribution is -2.27. The summed E-state index contributed by atoms with van der Waals surface area (Å²) >= 11 is 0. The van der Waals surface area contributed by atoms with Crippen LogP contribution in [0, 0.1) is 0 Å². The van der Waals surface area contributed by atoms with Crippen LogP contribution in [-0.4, -0.2) is 54.7 Å². The van der Waals surface area contributed by atoms with Crippen molar-refractivity contribution >= 4 is 39.2 Å². The van der Waals surface area contributed by atoms with Gasteiger partial charge in [-0.15, -0.1) is 0 Å². The minimum Gasteiger partial charge on any atom is -0.495 e. The van der Waals surface area contributed by atoms with E-state index in [0.717, 1.165) is 10.6 Å². The molecule has 36 heavy (non-hydrogen) atoms. The first-order valence-corrected chi connectivity index (χ1v) is 11.8. The molecule has 0 aliphatic heterocycles. The molecule has 0 radical (unpaired) electrons. The Kier molecular flexibility index (Phi) is 7.47. The average molecular weight is 527 g/mol. The number of aromatic nitrogens is 4. The van der Waals surface area contributed by atoms with Crippen LogP contribution in [0.25, 0.3) is 0 Å². The second-order valence-corrected chi connectivity index (χ2v) is 9.28. The summed E-state index contributed by atoms with van der Waals surface area (Å²) in [5.41, 5.74) is 4.48. The minimum absolute atomic E-state index is 0.0579. The Labute approximate surface area is 203 Å². The first kappa shape index (κ1) is 26.4. The summed E-state index contributed by atoms with van der Waals surface area (Å²) in [6.07, 6.45) is -0.764. The number of nitrogens with zero attached hydrogens (tertiary/aromatic N) is 5. The van der Waals surface area contributed by atoms with Crippen molar-refractivity contribution in [2.24, 2.45) is 5.73 Å². The van der Waals surface area contributed by atoms with Gasteiger partial charge in [0.15, 0.2) is 5.82 Å². The van der Waals surface area contributed by atoms with Crippen LogP contribution in [-0.2, 0) is 22.7 Å². The van der Waals surface area contributed by atoms with Crippen molar-refractivity contribution in [2.45, 2.75) is 12.7 Å². The lowest BCUT2D eigenvalue weighted by atomic mass is 10.2. The number of ether oxygens (including phenoxy) is 1. The monoisotopic (exact) mass is 526 g/mol. The Balaban J connectivity index is 1.97. The Morgan fingerprint density at radius 1 is 1.19 bits per heavy atom. The van der Waals surface area contributed by atoms with E-state index in [1.807, 2.05) is 0 Å². The summed E-state index contributed by atoms with van der Waals surface area (Å²) in [6, 6.07) is 4.20. The molecule has 0 atom stereocenters. The largest absolute Gasteiger partial charge is 0.495 e. The van der Waals surface area contributed by atoms with Crippen LogP contribution in [0.15, 0.2) is 36.8 Å². The van der Waals surface area contributed by atoms with Gasteiger partial charge in [-0.05, 0) is 18.2 Å². The van der Waals surface area contributed by atoms with Crippen LogP contribution in [0.3, 0.4) is 0 Å². The number of halogens is 3. The molecule has 0 aliphatic rings. The maximum atomic E-state index is 13.6. The molecule has 192 valence electrons. The van der Waals surface area contributed by atoms with Crippen molar-refractivity contribution in [3.05, 3.63) is 53.6 Å². The smallest absolute Gasteiger partial charge is 0.421 e. The number of primary amides is 1. The topological polar surface area (TPSA) is 165 Å². The molecule has 0 saturated heterocycles. The van der Waals surface area contributed by atoms with E-state index in [0.29, 0.717) is 6.20 Å². The molecule has 0 fully saturated rings. The number of amides is 1. The van der Waals surface area contributed by atoms with Crippen molar-refractivity contribution in [1.82, 2.24) is 19.9 Å². The number of carbonyl (C=O) groups excluding carboxylic acids is 1. The van der Waals surface area contributed by atoms with E-state index in [4.69, 9.17) is 10.5 Å². The van der Waals surface area contributed by atoms with Crippen molar-refractivity contribution < 1.29 is 31.1 Å². The number of rotatable bonds is 9. The Hall–Kier alpha value is -4.21. The zero-order chi connectivity index (χ0) is 26.7. The number of sulfonamides is 1. The molecule has 0 unspecified atom stereocenters. The molecule has 12 nitrogen and oxygen atoms in total. The molecule has 16 heteroatoms. The summed E-state index contributed by atoms with van der Waals surface area (Å²) in [5, 5.41) is 5.23. The molecule has 1 amide bonds. The molecule has 0 saturated carbocycles. The van der Waals surface area contributed by atoms with Gasteiger partial charge in [-0.3, -0.25) is 14.1 Å². The second kappa shape index (κ2) is 10.2. The molecule has 3 aromatic rings. The number of hydrogen-bond acceptors (Lipinski definition) is 10. The molecule has 2 heterocycles. The van der Waals surface area contributed by atoms with E-state index in [1.165, 1.54) is 44.8 Å². The van der Waals surface area contributed by atoms with Crippen molar-refractivity contribution in [3.63, 3.8) is 0 Å². The van der Waals surface area contributed by atoms with Gasteiger partial charge in [0.1, 0.15) is 22.8 Å². The fourth-order valence-corrected chi connectivity index (χ4v) is 3.40. The van der Waals surface area contributed by atoms with E-state index in [-0.39, 0.29) is 41.0 Å². The fraction of sp³-hybridized carbons (Fsp3) is 0.250. The van der Waals surface area contributed by atoms with Crippen LogP contribution in [0.1, 0.15) is 21.6 Å². The molecule has 0 spiro atoms. The van der Waals surface area contributed by atoms with Crippen LogP contribution in [0.4, 0.5) is 36.4 Å². The Morgan fingerprint density at radius 3 is 2.50 bits per heavy atom. The van der Waals surface area contributed by atoms with Crippen molar-refractivity contribution in [1.29, 1.82) is 0 Å². The van der Waals surface area contributed by atoms with E-state index < -0.39 is 33.5 Å². The Bertz CT molecular complexity index is 1390. The number of nitrogens with one attached hydrogen (secondary N) is 2. The van der Waals surface area contributed by atoms with E-state index in [1.54, 1.807) is 0 Å². The predicted molar refractivity (Wildman–Crippen MR) is 124 cm³/mol. The fourth-order valence-electron chi connectivity index (χ4n) is 2.94. The summed E-state index contributed by atoms with van der Waals surface area (Å²) in [7, 11) is -1.11. The van der Waals surface area contributed by atoms with E-state index in [2.05, 4.69) is 30.6 Å². The molecule has 4 N–H and O–H groups in total. The lowest BCUT2D eigenvalue weighted by molar-refractivity contribution is -0.137. The lowest BCUT2D eigenvalue weighted by Gasteiger charge is -2.19. The predicted octanol–water partition coefficient (Wildman–Crippen LogP) is 2.14. The van der Waals surface area contributed by atoms with Gasteiger partial charge in [-0.2, -0.15) is 18.2 Å². The third-order valence-corrected chi connectivity index (χ3v) is 5.96. The quantitative estimate of drug-likeness (QED) is 0.376. The standard InChI is InChI=1S/C20H21F3N8O4S/c1-31(36(3,33)34)18-14(25-6-7-26-18)10-27-17-12(20(21,22)23)9-28-19(30-17)29-13-8-11(16(24)32)4-5-15(13)35-2/h4-9H,10H2,1-3H3,(H2,24,32)(H2,27,28,29,30). The number of hydrogen-bond donors (Lipinski definition) is 3. The highest BCUT2D eigenvalue weighted by Crippen LogP contribution is 2.35. The molecule has 3 rings (SSSR count). The van der Waals surface area contributed by atoms with Gasteiger partial charge in [0.2, 0.25) is 21.9 Å². The van der Waals surface area contributed by atoms with Crippen molar-refractivity contribution in [2.75, 3.05) is 35.4 Å².